The second-order valence-electron chi connectivity index (χ2n) is 6.79. The molecule has 0 saturated carbocycles. The minimum absolute atomic E-state index is 0.286. The number of fused-ring (bicyclic) bond motifs is 1. The Morgan fingerprint density at radius 2 is 1.55 bits per heavy atom. The number of imide groups is 1. The Bertz CT molecular complexity index is 1300. The molecular formula is C24H16N2O4S. The molecule has 6 nitrogen and oxygen atoms in total. The molecule has 7 heteroatoms. The molecule has 0 aliphatic carbocycles. The lowest BCUT2D eigenvalue weighted by Gasteiger charge is -2.10. The van der Waals surface area contributed by atoms with Crippen molar-refractivity contribution >= 4 is 28.3 Å². The zero-order valence-electron chi connectivity index (χ0n) is 16.4. The Kier molecular flexibility index (Phi) is 4.72. The average Bonchev–Trinajstić information content (AvgIpc) is 3.38. The SMILES string of the molecule is COc1ccccc1Oc1ccc2c(c1)C(=O)N(c1nc(-c3ccccc3)cs1)C2=O. The summed E-state index contributed by atoms with van der Waals surface area (Å²) in [5, 5.41) is 2.18. The van der Waals surface area contributed by atoms with E-state index in [4.69, 9.17) is 9.47 Å². The third-order valence-corrected chi connectivity index (χ3v) is 5.73. The summed E-state index contributed by atoms with van der Waals surface area (Å²) in [7, 11) is 1.56. The van der Waals surface area contributed by atoms with E-state index in [-0.39, 0.29) is 5.56 Å². The number of anilines is 1. The maximum atomic E-state index is 13.1. The predicted octanol–water partition coefficient (Wildman–Crippen LogP) is 5.41. The molecule has 0 bridgehead atoms. The normalized spacial score (nSPS) is 12.7. The molecular weight excluding hydrogens is 412 g/mol. The number of carbonyl (C=O) groups is 2. The molecule has 0 radical (unpaired) electrons. The summed E-state index contributed by atoms with van der Waals surface area (Å²) in [6.07, 6.45) is 0. The van der Waals surface area contributed by atoms with Gasteiger partial charge in [0.2, 0.25) is 0 Å². The number of aromatic nitrogens is 1. The number of rotatable bonds is 5. The van der Waals surface area contributed by atoms with Crippen molar-refractivity contribution in [3.05, 3.63) is 89.3 Å². The summed E-state index contributed by atoms with van der Waals surface area (Å²) in [5.41, 5.74) is 2.26. The fraction of sp³-hybridized carbons (Fsp3) is 0.0417. The van der Waals surface area contributed by atoms with Crippen LogP contribution < -0.4 is 14.4 Å². The Morgan fingerprint density at radius 3 is 2.32 bits per heavy atom. The van der Waals surface area contributed by atoms with Gasteiger partial charge in [0.25, 0.3) is 11.8 Å². The van der Waals surface area contributed by atoms with E-state index in [1.165, 1.54) is 11.3 Å². The minimum Gasteiger partial charge on any atom is -0.493 e. The van der Waals surface area contributed by atoms with Crippen molar-refractivity contribution in [1.82, 2.24) is 4.98 Å². The zero-order chi connectivity index (χ0) is 21.4. The quantitative estimate of drug-likeness (QED) is 0.398. The van der Waals surface area contributed by atoms with Gasteiger partial charge in [-0.3, -0.25) is 9.59 Å². The highest BCUT2D eigenvalue weighted by Gasteiger charge is 2.38. The number of para-hydroxylation sites is 2. The zero-order valence-corrected chi connectivity index (χ0v) is 17.3. The number of thiazole rings is 1. The molecule has 1 aromatic heterocycles. The van der Waals surface area contributed by atoms with E-state index in [0.717, 1.165) is 16.2 Å². The van der Waals surface area contributed by atoms with E-state index < -0.39 is 11.8 Å². The van der Waals surface area contributed by atoms with Crippen LogP contribution in [0.5, 0.6) is 17.2 Å². The summed E-state index contributed by atoms with van der Waals surface area (Å²) in [4.78, 5) is 31.6. The fourth-order valence-corrected chi connectivity index (χ4v) is 4.22. The highest BCUT2D eigenvalue weighted by molar-refractivity contribution is 7.14. The van der Waals surface area contributed by atoms with Gasteiger partial charge in [0.05, 0.1) is 23.9 Å². The summed E-state index contributed by atoms with van der Waals surface area (Å²) in [6.45, 7) is 0. The third kappa shape index (κ3) is 3.35. The van der Waals surface area contributed by atoms with E-state index in [1.54, 1.807) is 37.4 Å². The summed E-state index contributed by atoms with van der Waals surface area (Å²) in [6, 6.07) is 21.7. The van der Waals surface area contributed by atoms with Crippen molar-refractivity contribution in [2.45, 2.75) is 0 Å². The number of methoxy groups -OCH3 is 1. The molecule has 0 spiro atoms. The van der Waals surface area contributed by atoms with E-state index in [1.807, 2.05) is 47.8 Å². The van der Waals surface area contributed by atoms with Gasteiger partial charge in [-0.25, -0.2) is 9.88 Å². The number of amides is 2. The number of carbonyl (C=O) groups excluding carboxylic acids is 2. The fourth-order valence-electron chi connectivity index (χ4n) is 3.40. The van der Waals surface area contributed by atoms with Crippen molar-refractivity contribution in [3.8, 4) is 28.5 Å². The molecule has 0 N–H and O–H groups in total. The second kappa shape index (κ2) is 7.70. The van der Waals surface area contributed by atoms with Crippen LogP contribution in [-0.4, -0.2) is 23.9 Å². The topological polar surface area (TPSA) is 68.7 Å². The number of hydrogen-bond acceptors (Lipinski definition) is 6. The van der Waals surface area contributed by atoms with Crippen molar-refractivity contribution in [2.75, 3.05) is 12.0 Å². The van der Waals surface area contributed by atoms with Gasteiger partial charge in [0.1, 0.15) is 5.75 Å². The van der Waals surface area contributed by atoms with Crippen molar-refractivity contribution in [3.63, 3.8) is 0 Å². The molecule has 0 saturated heterocycles. The molecule has 31 heavy (non-hydrogen) atoms. The molecule has 0 unspecified atom stereocenters. The lowest BCUT2D eigenvalue weighted by Crippen LogP contribution is -2.29. The molecule has 0 fully saturated rings. The predicted molar refractivity (Wildman–Crippen MR) is 118 cm³/mol. The van der Waals surface area contributed by atoms with Gasteiger partial charge in [-0.1, -0.05) is 42.5 Å². The lowest BCUT2D eigenvalue weighted by molar-refractivity contribution is 0.0926. The van der Waals surface area contributed by atoms with Crippen LogP contribution in [0.2, 0.25) is 0 Å². The number of hydrogen-bond donors (Lipinski definition) is 0. The average molecular weight is 428 g/mol. The van der Waals surface area contributed by atoms with Crippen molar-refractivity contribution in [1.29, 1.82) is 0 Å². The van der Waals surface area contributed by atoms with Gasteiger partial charge >= 0.3 is 0 Å². The van der Waals surface area contributed by atoms with Gasteiger partial charge in [-0.15, -0.1) is 11.3 Å². The Hall–Kier alpha value is -3.97. The third-order valence-electron chi connectivity index (χ3n) is 4.91. The molecule has 3 aromatic carbocycles. The van der Waals surface area contributed by atoms with Crippen LogP contribution in [0.4, 0.5) is 5.13 Å². The first-order valence-electron chi connectivity index (χ1n) is 9.50. The van der Waals surface area contributed by atoms with Crippen LogP contribution in [0, 0.1) is 0 Å². The smallest absolute Gasteiger partial charge is 0.268 e. The van der Waals surface area contributed by atoms with Crippen LogP contribution in [0.15, 0.2) is 78.2 Å². The highest BCUT2D eigenvalue weighted by Crippen LogP contribution is 2.36. The molecule has 2 heterocycles. The van der Waals surface area contributed by atoms with Crippen LogP contribution in [0.1, 0.15) is 20.7 Å². The van der Waals surface area contributed by atoms with Crippen molar-refractivity contribution in [2.24, 2.45) is 0 Å². The monoisotopic (exact) mass is 428 g/mol. The second-order valence-corrected chi connectivity index (χ2v) is 7.62. The van der Waals surface area contributed by atoms with Gasteiger partial charge in [-0.05, 0) is 30.3 Å². The molecule has 5 rings (SSSR count). The Balaban J connectivity index is 1.45. The van der Waals surface area contributed by atoms with Gasteiger partial charge in [0.15, 0.2) is 16.6 Å². The Labute approximate surface area is 182 Å². The summed E-state index contributed by atoms with van der Waals surface area (Å²) >= 11 is 1.26. The maximum absolute atomic E-state index is 13.1. The van der Waals surface area contributed by atoms with Crippen molar-refractivity contribution < 1.29 is 19.1 Å². The van der Waals surface area contributed by atoms with E-state index in [9.17, 15) is 9.59 Å². The maximum Gasteiger partial charge on any atom is 0.268 e. The molecule has 4 aromatic rings. The molecule has 1 aliphatic rings. The van der Waals surface area contributed by atoms with E-state index in [0.29, 0.717) is 27.9 Å². The van der Waals surface area contributed by atoms with Crippen LogP contribution in [0.3, 0.4) is 0 Å². The van der Waals surface area contributed by atoms with Gasteiger partial charge < -0.3 is 9.47 Å². The first-order chi connectivity index (χ1) is 15.2. The Morgan fingerprint density at radius 1 is 0.839 bits per heavy atom. The molecule has 1 aliphatic heterocycles. The van der Waals surface area contributed by atoms with Crippen LogP contribution in [-0.2, 0) is 0 Å². The van der Waals surface area contributed by atoms with Gasteiger partial charge in [0, 0.05) is 10.9 Å². The van der Waals surface area contributed by atoms with Crippen LogP contribution >= 0.6 is 11.3 Å². The minimum atomic E-state index is -0.417. The highest BCUT2D eigenvalue weighted by atomic mass is 32.1. The number of ether oxygens (including phenoxy) is 2. The number of nitrogens with zero attached hydrogens (tertiary/aromatic N) is 2. The van der Waals surface area contributed by atoms with Gasteiger partial charge in [-0.2, -0.15) is 0 Å². The van der Waals surface area contributed by atoms with E-state index >= 15 is 0 Å². The largest absolute Gasteiger partial charge is 0.493 e. The number of benzene rings is 3. The summed E-state index contributed by atoms with van der Waals surface area (Å²) in [5.74, 6) is 0.724. The molecule has 0 atom stereocenters. The first-order valence-corrected chi connectivity index (χ1v) is 10.4. The summed E-state index contributed by atoms with van der Waals surface area (Å²) < 4.78 is 11.2. The lowest BCUT2D eigenvalue weighted by atomic mass is 10.1. The van der Waals surface area contributed by atoms with E-state index in [2.05, 4.69) is 4.98 Å². The van der Waals surface area contributed by atoms with Crippen LogP contribution in [0.25, 0.3) is 11.3 Å². The molecule has 152 valence electrons. The standard InChI is InChI=1S/C24H16N2O4S/c1-29-20-9-5-6-10-21(20)30-16-11-12-17-18(13-16)23(28)26(22(17)27)24-25-19(14-31-24)15-7-3-2-4-8-15/h2-14H,1H3. The molecule has 2 amide bonds. The first kappa shape index (κ1) is 19.0.